The molecule has 4 heteroatoms. The van der Waals surface area contributed by atoms with Gasteiger partial charge in [0.1, 0.15) is 5.78 Å². The Morgan fingerprint density at radius 1 is 1.05 bits per heavy atom. The van der Waals surface area contributed by atoms with Gasteiger partial charge in [-0.15, -0.1) is 0 Å². The highest BCUT2D eigenvalue weighted by atomic mass is 19.4. The Hall–Kier alpha value is -1.32. The fraction of sp³-hybridized carbons (Fsp3) is 0.588. The van der Waals surface area contributed by atoms with Crippen LogP contribution in [0.1, 0.15) is 42.4 Å². The number of alkyl halides is 3. The van der Waals surface area contributed by atoms with E-state index in [1.54, 1.807) is 0 Å². The van der Waals surface area contributed by atoms with E-state index in [4.69, 9.17) is 0 Å². The monoisotopic (exact) mass is 298 g/mol. The second kappa shape index (κ2) is 6.20. The molecule has 1 aromatic carbocycles. The molecule has 2 rings (SSSR count). The number of benzene rings is 1. The van der Waals surface area contributed by atoms with Crippen LogP contribution in [0, 0.1) is 25.7 Å². The quantitative estimate of drug-likeness (QED) is 0.784. The molecule has 0 unspecified atom stereocenters. The number of hydrogen-bond donors (Lipinski definition) is 0. The average Bonchev–Trinajstić information content (AvgIpc) is 2.36. The van der Waals surface area contributed by atoms with Gasteiger partial charge in [-0.2, -0.15) is 13.2 Å². The first-order chi connectivity index (χ1) is 9.75. The number of rotatable bonds is 3. The van der Waals surface area contributed by atoms with Gasteiger partial charge >= 0.3 is 6.18 Å². The standard InChI is InChI=1S/C17H21F3O/c1-11-7-12(2)9-13(8-11)10-16(21)14-3-5-15(6-4-14)17(18,19)20/h7-9,14-15H,3-6,10H2,1-2H3. The number of aryl methyl sites for hydroxylation is 2. The molecule has 0 N–H and O–H groups in total. The molecular formula is C17H21F3O. The molecular weight excluding hydrogens is 277 g/mol. The van der Waals surface area contributed by atoms with E-state index in [-0.39, 0.29) is 24.5 Å². The molecule has 0 bridgehead atoms. The third-order valence-electron chi connectivity index (χ3n) is 4.31. The van der Waals surface area contributed by atoms with Crippen molar-refractivity contribution in [2.75, 3.05) is 0 Å². The lowest BCUT2D eigenvalue weighted by Crippen LogP contribution is -2.30. The third-order valence-corrected chi connectivity index (χ3v) is 4.31. The average molecular weight is 298 g/mol. The van der Waals surface area contributed by atoms with Crippen molar-refractivity contribution in [1.29, 1.82) is 0 Å². The normalized spacial score (nSPS) is 23.1. The molecule has 0 atom stereocenters. The lowest BCUT2D eigenvalue weighted by molar-refractivity contribution is -0.184. The molecule has 0 spiro atoms. The van der Waals surface area contributed by atoms with E-state index in [2.05, 4.69) is 0 Å². The van der Waals surface area contributed by atoms with Gasteiger partial charge < -0.3 is 0 Å². The van der Waals surface area contributed by atoms with Crippen LogP contribution in [0.3, 0.4) is 0 Å². The number of ketones is 1. The Bertz CT molecular complexity index is 491. The number of carbonyl (C=O) groups is 1. The number of hydrogen-bond acceptors (Lipinski definition) is 1. The highest BCUT2D eigenvalue weighted by Gasteiger charge is 2.42. The van der Waals surface area contributed by atoms with Crippen molar-refractivity contribution in [1.82, 2.24) is 0 Å². The fourth-order valence-electron chi connectivity index (χ4n) is 3.26. The van der Waals surface area contributed by atoms with Crippen molar-refractivity contribution in [2.24, 2.45) is 11.8 Å². The second-order valence-electron chi connectivity index (χ2n) is 6.23. The van der Waals surface area contributed by atoms with Gasteiger partial charge in [-0.25, -0.2) is 0 Å². The molecule has 0 saturated heterocycles. The first-order valence-electron chi connectivity index (χ1n) is 7.42. The smallest absolute Gasteiger partial charge is 0.299 e. The van der Waals surface area contributed by atoms with E-state index >= 15 is 0 Å². The van der Waals surface area contributed by atoms with Crippen molar-refractivity contribution in [3.05, 3.63) is 34.9 Å². The Balaban J connectivity index is 1.93. The third kappa shape index (κ3) is 4.32. The topological polar surface area (TPSA) is 17.1 Å². The zero-order valence-electron chi connectivity index (χ0n) is 12.5. The first-order valence-corrected chi connectivity index (χ1v) is 7.42. The number of carbonyl (C=O) groups excluding carboxylic acids is 1. The van der Waals surface area contributed by atoms with Crippen LogP contribution in [0.15, 0.2) is 18.2 Å². The summed E-state index contributed by atoms with van der Waals surface area (Å²) < 4.78 is 37.9. The van der Waals surface area contributed by atoms with E-state index in [1.165, 1.54) is 0 Å². The van der Waals surface area contributed by atoms with Gasteiger partial charge in [0.15, 0.2) is 0 Å². The minimum Gasteiger partial charge on any atom is -0.299 e. The van der Waals surface area contributed by atoms with Gasteiger partial charge in [-0.3, -0.25) is 4.79 Å². The summed E-state index contributed by atoms with van der Waals surface area (Å²) in [6.45, 7) is 3.96. The maximum atomic E-state index is 12.6. The molecule has 116 valence electrons. The summed E-state index contributed by atoms with van der Waals surface area (Å²) >= 11 is 0. The number of Topliss-reactive ketones (excluding diaryl/α,β-unsaturated/α-hetero) is 1. The van der Waals surface area contributed by atoms with Crippen LogP contribution in [0.4, 0.5) is 13.2 Å². The van der Waals surface area contributed by atoms with Crippen LogP contribution in [-0.2, 0) is 11.2 Å². The molecule has 0 heterocycles. The van der Waals surface area contributed by atoms with Crippen LogP contribution < -0.4 is 0 Å². The molecule has 0 radical (unpaired) electrons. The summed E-state index contributed by atoms with van der Waals surface area (Å²) in [7, 11) is 0. The van der Waals surface area contributed by atoms with Gasteiger partial charge in [-0.1, -0.05) is 29.3 Å². The summed E-state index contributed by atoms with van der Waals surface area (Å²) in [5, 5.41) is 0. The van der Waals surface area contributed by atoms with E-state index < -0.39 is 12.1 Å². The molecule has 1 saturated carbocycles. The van der Waals surface area contributed by atoms with Crippen LogP contribution >= 0.6 is 0 Å². The van der Waals surface area contributed by atoms with Crippen molar-refractivity contribution in [2.45, 2.75) is 52.1 Å². The van der Waals surface area contributed by atoms with Gasteiger partial charge in [0.2, 0.25) is 0 Å². The van der Waals surface area contributed by atoms with Crippen molar-refractivity contribution in [3.8, 4) is 0 Å². The zero-order chi connectivity index (χ0) is 15.6. The number of halogens is 3. The summed E-state index contributed by atoms with van der Waals surface area (Å²) in [4.78, 5) is 12.3. The molecule has 0 amide bonds. The summed E-state index contributed by atoms with van der Waals surface area (Å²) in [5.41, 5.74) is 3.19. The molecule has 1 aliphatic carbocycles. The highest BCUT2D eigenvalue weighted by Crippen LogP contribution is 2.39. The van der Waals surface area contributed by atoms with Crippen molar-refractivity contribution >= 4 is 5.78 Å². The van der Waals surface area contributed by atoms with Gasteiger partial charge in [-0.05, 0) is 45.1 Å². The molecule has 21 heavy (non-hydrogen) atoms. The minimum absolute atomic E-state index is 0.0839. The predicted octanol–water partition coefficient (Wildman–Crippen LogP) is 4.78. The van der Waals surface area contributed by atoms with Crippen LogP contribution in [0.5, 0.6) is 0 Å². The SMILES string of the molecule is Cc1cc(C)cc(CC(=O)C2CCC(C(F)(F)F)CC2)c1. The Morgan fingerprint density at radius 3 is 2.05 bits per heavy atom. The van der Waals surface area contributed by atoms with Crippen LogP contribution in [-0.4, -0.2) is 12.0 Å². The van der Waals surface area contributed by atoms with E-state index in [1.807, 2.05) is 32.0 Å². The van der Waals surface area contributed by atoms with Crippen molar-refractivity contribution < 1.29 is 18.0 Å². The Morgan fingerprint density at radius 2 is 1.57 bits per heavy atom. The van der Waals surface area contributed by atoms with E-state index in [0.29, 0.717) is 19.3 Å². The molecule has 1 aliphatic rings. The van der Waals surface area contributed by atoms with Crippen LogP contribution in [0.2, 0.25) is 0 Å². The summed E-state index contributed by atoms with van der Waals surface area (Å²) in [6.07, 6.45) is -2.85. The maximum Gasteiger partial charge on any atom is 0.391 e. The zero-order valence-corrected chi connectivity index (χ0v) is 12.5. The van der Waals surface area contributed by atoms with Gasteiger partial charge in [0.05, 0.1) is 5.92 Å². The second-order valence-corrected chi connectivity index (χ2v) is 6.23. The molecule has 0 aromatic heterocycles. The molecule has 0 aliphatic heterocycles. The molecule has 1 nitrogen and oxygen atoms in total. The minimum atomic E-state index is -4.11. The summed E-state index contributed by atoms with van der Waals surface area (Å²) in [5.74, 6) is -1.34. The van der Waals surface area contributed by atoms with Gasteiger partial charge in [0.25, 0.3) is 0 Å². The van der Waals surface area contributed by atoms with E-state index in [0.717, 1.165) is 16.7 Å². The summed E-state index contributed by atoms with van der Waals surface area (Å²) in [6, 6.07) is 6.00. The predicted molar refractivity (Wildman–Crippen MR) is 76.1 cm³/mol. The maximum absolute atomic E-state index is 12.6. The van der Waals surface area contributed by atoms with E-state index in [9.17, 15) is 18.0 Å². The first kappa shape index (κ1) is 16.1. The molecule has 1 fully saturated rings. The largest absolute Gasteiger partial charge is 0.391 e. The lowest BCUT2D eigenvalue weighted by Gasteiger charge is -2.29. The Labute approximate surface area is 123 Å². The van der Waals surface area contributed by atoms with Gasteiger partial charge in [0, 0.05) is 12.3 Å². The highest BCUT2D eigenvalue weighted by molar-refractivity contribution is 5.83. The Kier molecular flexibility index (Phi) is 4.74. The van der Waals surface area contributed by atoms with Crippen LogP contribution in [0.25, 0.3) is 0 Å². The van der Waals surface area contributed by atoms with Crippen molar-refractivity contribution in [3.63, 3.8) is 0 Å². The lowest BCUT2D eigenvalue weighted by atomic mass is 9.78. The molecule has 1 aromatic rings. The fourth-order valence-corrected chi connectivity index (χ4v) is 3.26.